The highest BCUT2D eigenvalue weighted by Crippen LogP contribution is 2.30. The Morgan fingerprint density at radius 1 is 1.36 bits per heavy atom. The quantitative estimate of drug-likeness (QED) is 0.932. The number of piperidine rings is 1. The summed E-state index contributed by atoms with van der Waals surface area (Å²) in [5, 5.41) is 9.23. The van der Waals surface area contributed by atoms with Crippen LogP contribution in [-0.4, -0.2) is 41.4 Å². The second-order valence-electron chi connectivity index (χ2n) is 6.94. The summed E-state index contributed by atoms with van der Waals surface area (Å²) in [6, 6.07) is 8.22. The van der Waals surface area contributed by atoms with Gasteiger partial charge >= 0.3 is 6.09 Å². The van der Waals surface area contributed by atoms with E-state index in [4.69, 9.17) is 4.74 Å². The third kappa shape index (κ3) is 4.47. The van der Waals surface area contributed by atoms with Gasteiger partial charge in [-0.1, -0.05) is 24.3 Å². The van der Waals surface area contributed by atoms with Gasteiger partial charge in [-0.05, 0) is 51.2 Å². The fourth-order valence-corrected chi connectivity index (χ4v) is 3.00. The maximum Gasteiger partial charge on any atom is 0.410 e. The first kappa shape index (κ1) is 16.8. The predicted molar refractivity (Wildman–Crippen MR) is 87.0 cm³/mol. The number of carbonyl (C=O) groups excluding carboxylic acids is 1. The van der Waals surface area contributed by atoms with Crippen molar-refractivity contribution in [3.63, 3.8) is 0 Å². The standard InChI is InChI=1S/C18H27NO3/c1-18(2,3)22-17(21)19-11-6-8-15(13-19)16-9-5-4-7-14(16)10-12-20/h4-5,7,9,15,20H,6,8,10-13H2,1-3H3. The van der Waals surface area contributed by atoms with Crippen LogP contribution in [0, 0.1) is 0 Å². The number of rotatable bonds is 3. The van der Waals surface area contributed by atoms with Gasteiger partial charge < -0.3 is 14.7 Å². The molecule has 1 unspecified atom stereocenters. The fraction of sp³-hybridized carbons (Fsp3) is 0.611. The molecule has 4 heteroatoms. The van der Waals surface area contributed by atoms with Gasteiger partial charge in [-0.2, -0.15) is 0 Å². The van der Waals surface area contributed by atoms with E-state index in [9.17, 15) is 9.90 Å². The largest absolute Gasteiger partial charge is 0.444 e. The SMILES string of the molecule is CC(C)(C)OC(=O)N1CCCC(c2ccccc2CCO)C1. The second-order valence-corrected chi connectivity index (χ2v) is 6.94. The highest BCUT2D eigenvalue weighted by Gasteiger charge is 2.29. The number of carbonyl (C=O) groups is 1. The molecule has 0 saturated carbocycles. The zero-order valence-corrected chi connectivity index (χ0v) is 13.8. The molecule has 1 amide bonds. The summed E-state index contributed by atoms with van der Waals surface area (Å²) in [7, 11) is 0. The number of benzene rings is 1. The summed E-state index contributed by atoms with van der Waals surface area (Å²) in [5.74, 6) is 0.323. The highest BCUT2D eigenvalue weighted by molar-refractivity contribution is 5.68. The second kappa shape index (κ2) is 7.14. The van der Waals surface area contributed by atoms with Crippen molar-refractivity contribution in [3.05, 3.63) is 35.4 Å². The van der Waals surface area contributed by atoms with Crippen LogP contribution in [0.1, 0.15) is 50.7 Å². The first-order valence-electron chi connectivity index (χ1n) is 8.07. The Hall–Kier alpha value is -1.55. The van der Waals surface area contributed by atoms with Crippen molar-refractivity contribution in [2.75, 3.05) is 19.7 Å². The molecule has 122 valence electrons. The molecule has 2 rings (SSSR count). The predicted octanol–water partition coefficient (Wildman–Crippen LogP) is 3.34. The van der Waals surface area contributed by atoms with Crippen LogP contribution < -0.4 is 0 Å². The minimum absolute atomic E-state index is 0.152. The molecule has 4 nitrogen and oxygen atoms in total. The molecule has 1 aliphatic heterocycles. The van der Waals surface area contributed by atoms with Crippen LogP contribution >= 0.6 is 0 Å². The number of amides is 1. The first-order chi connectivity index (χ1) is 10.4. The van der Waals surface area contributed by atoms with Crippen LogP contribution in [0.25, 0.3) is 0 Å². The Labute approximate surface area is 133 Å². The van der Waals surface area contributed by atoms with Gasteiger partial charge in [-0.25, -0.2) is 4.79 Å². The zero-order valence-electron chi connectivity index (χ0n) is 13.8. The molecule has 0 aromatic heterocycles. The summed E-state index contributed by atoms with van der Waals surface area (Å²) in [6.07, 6.45) is 2.50. The minimum Gasteiger partial charge on any atom is -0.444 e. The summed E-state index contributed by atoms with van der Waals surface area (Å²) >= 11 is 0. The van der Waals surface area contributed by atoms with Crippen LogP contribution in [0.4, 0.5) is 4.79 Å². The van der Waals surface area contributed by atoms with E-state index in [0.29, 0.717) is 18.9 Å². The number of ether oxygens (including phenoxy) is 1. The van der Waals surface area contributed by atoms with Crippen LogP contribution in [0.3, 0.4) is 0 Å². The molecule has 1 atom stereocenters. The van der Waals surface area contributed by atoms with Gasteiger partial charge in [0.05, 0.1) is 0 Å². The van der Waals surface area contributed by atoms with Gasteiger partial charge in [0.2, 0.25) is 0 Å². The van der Waals surface area contributed by atoms with E-state index in [0.717, 1.165) is 19.4 Å². The van der Waals surface area contributed by atoms with Gasteiger partial charge in [0, 0.05) is 25.6 Å². The molecule has 0 spiro atoms. The number of hydrogen-bond donors (Lipinski definition) is 1. The Bertz CT molecular complexity index is 507. The average Bonchev–Trinajstić information content (AvgIpc) is 2.46. The van der Waals surface area contributed by atoms with E-state index < -0.39 is 5.60 Å². The number of nitrogens with zero attached hydrogens (tertiary/aromatic N) is 1. The molecule has 22 heavy (non-hydrogen) atoms. The molecule has 1 aromatic carbocycles. The zero-order chi connectivity index (χ0) is 16.2. The topological polar surface area (TPSA) is 49.8 Å². The minimum atomic E-state index is -0.460. The van der Waals surface area contributed by atoms with Gasteiger partial charge in [0.15, 0.2) is 0 Å². The van der Waals surface area contributed by atoms with Crippen molar-refractivity contribution < 1.29 is 14.6 Å². The van der Waals surface area contributed by atoms with Crippen LogP contribution in [0.15, 0.2) is 24.3 Å². The average molecular weight is 305 g/mol. The molecule has 1 N–H and O–H groups in total. The molecule has 1 aliphatic rings. The number of aliphatic hydroxyl groups excluding tert-OH is 1. The Morgan fingerprint density at radius 3 is 2.77 bits per heavy atom. The molecule has 0 radical (unpaired) electrons. The highest BCUT2D eigenvalue weighted by atomic mass is 16.6. The van der Waals surface area contributed by atoms with Crippen molar-refractivity contribution in [1.29, 1.82) is 0 Å². The normalized spacial score (nSPS) is 19.1. The number of hydrogen-bond acceptors (Lipinski definition) is 3. The lowest BCUT2D eigenvalue weighted by Gasteiger charge is -2.35. The van der Waals surface area contributed by atoms with Gasteiger partial charge in [0.25, 0.3) is 0 Å². The molecular formula is C18H27NO3. The smallest absolute Gasteiger partial charge is 0.410 e. The van der Waals surface area contributed by atoms with Crippen LogP contribution in [-0.2, 0) is 11.2 Å². The lowest BCUT2D eigenvalue weighted by Crippen LogP contribution is -2.42. The molecule has 0 aliphatic carbocycles. The lowest BCUT2D eigenvalue weighted by atomic mass is 9.87. The Kier molecular flexibility index (Phi) is 5.46. The summed E-state index contributed by atoms with van der Waals surface area (Å²) in [6.45, 7) is 7.28. The maximum absolute atomic E-state index is 12.3. The van der Waals surface area contributed by atoms with E-state index in [2.05, 4.69) is 12.1 Å². The molecule has 1 aromatic rings. The van der Waals surface area contributed by atoms with E-state index in [1.54, 1.807) is 0 Å². The summed E-state index contributed by atoms with van der Waals surface area (Å²) < 4.78 is 5.49. The number of aliphatic hydroxyl groups is 1. The fourth-order valence-electron chi connectivity index (χ4n) is 3.00. The van der Waals surface area contributed by atoms with Crippen molar-refractivity contribution in [2.45, 2.75) is 51.6 Å². The first-order valence-corrected chi connectivity index (χ1v) is 8.07. The molecule has 1 fully saturated rings. The maximum atomic E-state index is 12.3. The molecule has 0 bridgehead atoms. The molecule has 1 saturated heterocycles. The Morgan fingerprint density at radius 2 is 2.09 bits per heavy atom. The van der Waals surface area contributed by atoms with Crippen LogP contribution in [0.5, 0.6) is 0 Å². The van der Waals surface area contributed by atoms with Crippen LogP contribution in [0.2, 0.25) is 0 Å². The Balaban J connectivity index is 2.09. The van der Waals surface area contributed by atoms with Crippen molar-refractivity contribution in [2.24, 2.45) is 0 Å². The van der Waals surface area contributed by atoms with Gasteiger partial charge in [0.1, 0.15) is 5.60 Å². The van der Waals surface area contributed by atoms with Crippen molar-refractivity contribution in [1.82, 2.24) is 4.90 Å². The van der Waals surface area contributed by atoms with E-state index >= 15 is 0 Å². The third-order valence-electron chi connectivity index (χ3n) is 3.95. The lowest BCUT2D eigenvalue weighted by molar-refractivity contribution is 0.0198. The summed E-state index contributed by atoms with van der Waals surface area (Å²) in [4.78, 5) is 14.1. The van der Waals surface area contributed by atoms with E-state index in [1.165, 1.54) is 11.1 Å². The molecular weight excluding hydrogens is 278 g/mol. The number of likely N-dealkylation sites (tertiary alicyclic amines) is 1. The van der Waals surface area contributed by atoms with E-state index in [1.807, 2.05) is 37.8 Å². The van der Waals surface area contributed by atoms with Gasteiger partial charge in [-0.15, -0.1) is 0 Å². The molecule has 1 heterocycles. The van der Waals surface area contributed by atoms with Crippen molar-refractivity contribution in [3.8, 4) is 0 Å². The van der Waals surface area contributed by atoms with Crippen molar-refractivity contribution >= 4 is 6.09 Å². The van der Waals surface area contributed by atoms with Gasteiger partial charge in [-0.3, -0.25) is 0 Å². The monoisotopic (exact) mass is 305 g/mol. The third-order valence-corrected chi connectivity index (χ3v) is 3.95. The summed E-state index contributed by atoms with van der Waals surface area (Å²) in [5.41, 5.74) is 1.98. The van der Waals surface area contributed by atoms with E-state index in [-0.39, 0.29) is 12.7 Å².